The molecule has 2 aliphatic rings. The van der Waals surface area contributed by atoms with E-state index in [4.69, 9.17) is 4.74 Å². The molecule has 2 amide bonds. The number of halogens is 1. The molecule has 1 unspecified atom stereocenters. The van der Waals surface area contributed by atoms with Crippen LogP contribution in [-0.4, -0.2) is 72.0 Å². The van der Waals surface area contributed by atoms with Gasteiger partial charge in [0.15, 0.2) is 0 Å². The Balaban J connectivity index is 1.21. The Morgan fingerprint density at radius 3 is 2.39 bits per heavy atom. The summed E-state index contributed by atoms with van der Waals surface area (Å²) in [6, 6.07) is 24.5. The second kappa shape index (κ2) is 14.7. The summed E-state index contributed by atoms with van der Waals surface area (Å²) in [4.78, 5) is 32.5. The summed E-state index contributed by atoms with van der Waals surface area (Å²) in [5.41, 5.74) is 3.82. The van der Waals surface area contributed by atoms with Crippen molar-refractivity contribution in [3.05, 3.63) is 120 Å². The SMILES string of the molecule is C=CCN(C(=O)OCc1ccc(C)cc1)C1CCN(C[C@H]2CC(N(C)C(=O)c3ccccc3)C[C@@H]2c2cccc(F)c2)CC1. The van der Waals surface area contributed by atoms with E-state index in [0.29, 0.717) is 12.1 Å². The molecule has 1 aliphatic carbocycles. The van der Waals surface area contributed by atoms with Gasteiger partial charge in [0.25, 0.3) is 5.91 Å². The minimum absolute atomic E-state index is 0.0200. The van der Waals surface area contributed by atoms with Gasteiger partial charge in [-0.15, -0.1) is 6.58 Å². The zero-order valence-electron chi connectivity index (χ0n) is 25.9. The summed E-state index contributed by atoms with van der Waals surface area (Å²) >= 11 is 0. The molecule has 5 rings (SSSR count). The van der Waals surface area contributed by atoms with E-state index in [2.05, 4.69) is 11.5 Å². The third kappa shape index (κ3) is 7.75. The standard InChI is InChI=1S/C37H44FN3O3/c1-4-19-41(37(43)44-26-28-15-13-27(2)14-16-28)33-17-20-40(21-18-33)25-31-23-34(24-35(31)30-11-8-12-32(38)22-30)39(3)36(42)29-9-6-5-7-10-29/h4-16,22,31,33-35H,1,17-21,23-26H2,2-3H3/t31-,34?,35-/m1/s1. The minimum Gasteiger partial charge on any atom is -0.445 e. The Morgan fingerprint density at radius 1 is 0.977 bits per heavy atom. The van der Waals surface area contributed by atoms with Crippen LogP contribution < -0.4 is 0 Å². The van der Waals surface area contributed by atoms with Gasteiger partial charge in [0.2, 0.25) is 0 Å². The first kappa shape index (κ1) is 31.5. The van der Waals surface area contributed by atoms with Crippen LogP contribution in [0, 0.1) is 18.7 Å². The largest absolute Gasteiger partial charge is 0.445 e. The van der Waals surface area contributed by atoms with Gasteiger partial charge >= 0.3 is 6.09 Å². The number of carbonyl (C=O) groups is 2. The maximum Gasteiger partial charge on any atom is 0.410 e. The Labute approximate surface area is 261 Å². The number of rotatable bonds is 10. The molecule has 3 aromatic carbocycles. The molecule has 1 saturated carbocycles. The Bertz CT molecular complexity index is 1410. The highest BCUT2D eigenvalue weighted by atomic mass is 19.1. The lowest BCUT2D eigenvalue weighted by atomic mass is 9.88. The van der Waals surface area contributed by atoms with Crippen molar-refractivity contribution in [2.45, 2.75) is 57.2 Å². The lowest BCUT2D eigenvalue weighted by Crippen LogP contribution is -2.48. The van der Waals surface area contributed by atoms with Crippen molar-refractivity contribution in [2.75, 3.05) is 33.2 Å². The molecule has 0 spiro atoms. The van der Waals surface area contributed by atoms with Crippen LogP contribution in [0.25, 0.3) is 0 Å². The topological polar surface area (TPSA) is 53.1 Å². The average molecular weight is 598 g/mol. The maximum atomic E-state index is 14.3. The molecule has 6 nitrogen and oxygen atoms in total. The first-order chi connectivity index (χ1) is 21.3. The zero-order valence-corrected chi connectivity index (χ0v) is 25.9. The molecule has 0 bridgehead atoms. The molecule has 1 heterocycles. The minimum atomic E-state index is -0.306. The third-order valence-electron chi connectivity index (χ3n) is 9.37. The van der Waals surface area contributed by atoms with E-state index >= 15 is 0 Å². The Morgan fingerprint density at radius 2 is 1.70 bits per heavy atom. The molecule has 0 N–H and O–H groups in total. The van der Waals surface area contributed by atoms with E-state index in [1.807, 2.05) is 84.4 Å². The van der Waals surface area contributed by atoms with E-state index < -0.39 is 0 Å². The van der Waals surface area contributed by atoms with Crippen molar-refractivity contribution in [3.8, 4) is 0 Å². The highest BCUT2D eigenvalue weighted by Gasteiger charge is 2.40. The lowest BCUT2D eigenvalue weighted by molar-refractivity contribution is 0.0621. The van der Waals surface area contributed by atoms with Crippen molar-refractivity contribution >= 4 is 12.0 Å². The number of hydrogen-bond acceptors (Lipinski definition) is 4. The van der Waals surface area contributed by atoms with Crippen LogP contribution >= 0.6 is 0 Å². The van der Waals surface area contributed by atoms with Crippen molar-refractivity contribution < 1.29 is 18.7 Å². The van der Waals surface area contributed by atoms with Crippen molar-refractivity contribution in [1.82, 2.24) is 14.7 Å². The molecular weight excluding hydrogens is 553 g/mol. The first-order valence-corrected chi connectivity index (χ1v) is 15.7. The number of hydrogen-bond donors (Lipinski definition) is 0. The maximum absolute atomic E-state index is 14.3. The zero-order chi connectivity index (χ0) is 31.1. The predicted octanol–water partition coefficient (Wildman–Crippen LogP) is 7.06. The Hall–Kier alpha value is -3.97. The monoisotopic (exact) mass is 597 g/mol. The first-order valence-electron chi connectivity index (χ1n) is 15.7. The summed E-state index contributed by atoms with van der Waals surface area (Å²) in [5, 5.41) is 0. The second-order valence-corrected chi connectivity index (χ2v) is 12.3. The quantitative estimate of drug-likeness (QED) is 0.235. The molecule has 7 heteroatoms. The van der Waals surface area contributed by atoms with Crippen LogP contribution in [0.1, 0.15) is 58.6 Å². The van der Waals surface area contributed by atoms with Crippen LogP contribution in [0.15, 0.2) is 91.5 Å². The second-order valence-electron chi connectivity index (χ2n) is 12.3. The summed E-state index contributed by atoms with van der Waals surface area (Å²) < 4.78 is 20.0. The molecule has 0 aromatic heterocycles. The van der Waals surface area contributed by atoms with Gasteiger partial charge in [-0.1, -0.05) is 66.2 Å². The van der Waals surface area contributed by atoms with Gasteiger partial charge in [0.05, 0.1) is 0 Å². The fourth-order valence-electron chi connectivity index (χ4n) is 6.88. The normalized spacial score (nSPS) is 20.7. The predicted molar refractivity (Wildman–Crippen MR) is 172 cm³/mol. The van der Waals surface area contributed by atoms with Gasteiger partial charge in [-0.3, -0.25) is 4.79 Å². The summed E-state index contributed by atoms with van der Waals surface area (Å²) in [6.07, 6.45) is 4.82. The smallest absolute Gasteiger partial charge is 0.410 e. The van der Waals surface area contributed by atoms with Crippen molar-refractivity contribution in [2.24, 2.45) is 5.92 Å². The van der Waals surface area contributed by atoms with Crippen LogP contribution in [0.3, 0.4) is 0 Å². The Kier molecular flexibility index (Phi) is 10.5. The van der Waals surface area contributed by atoms with E-state index in [1.54, 1.807) is 18.2 Å². The van der Waals surface area contributed by atoms with Crippen molar-refractivity contribution in [3.63, 3.8) is 0 Å². The van der Waals surface area contributed by atoms with Gasteiger partial charge in [0, 0.05) is 50.9 Å². The van der Waals surface area contributed by atoms with Gasteiger partial charge in [-0.2, -0.15) is 0 Å². The number of ether oxygens (including phenoxy) is 1. The van der Waals surface area contributed by atoms with E-state index in [-0.39, 0.29) is 48.3 Å². The van der Waals surface area contributed by atoms with Gasteiger partial charge in [-0.25, -0.2) is 9.18 Å². The molecule has 1 saturated heterocycles. The number of piperidine rings is 1. The number of benzene rings is 3. The van der Waals surface area contributed by atoms with E-state index in [9.17, 15) is 14.0 Å². The number of amides is 2. The number of nitrogens with zero attached hydrogens (tertiary/aromatic N) is 3. The molecule has 44 heavy (non-hydrogen) atoms. The molecule has 232 valence electrons. The van der Waals surface area contributed by atoms with Gasteiger partial charge < -0.3 is 19.4 Å². The molecule has 0 radical (unpaired) electrons. The molecular formula is C37H44FN3O3. The van der Waals surface area contributed by atoms with Crippen LogP contribution in [0.5, 0.6) is 0 Å². The van der Waals surface area contributed by atoms with Crippen molar-refractivity contribution in [1.29, 1.82) is 0 Å². The fourth-order valence-corrected chi connectivity index (χ4v) is 6.88. The third-order valence-corrected chi connectivity index (χ3v) is 9.37. The molecule has 3 aromatic rings. The van der Waals surface area contributed by atoms with Crippen LogP contribution in [-0.2, 0) is 11.3 Å². The summed E-state index contributed by atoms with van der Waals surface area (Å²) in [6.45, 7) is 9.19. The molecule has 3 atom stereocenters. The number of likely N-dealkylation sites (tertiary alicyclic amines) is 1. The van der Waals surface area contributed by atoms with E-state index in [1.165, 1.54) is 11.6 Å². The van der Waals surface area contributed by atoms with E-state index in [0.717, 1.165) is 56.4 Å². The number of carbonyl (C=O) groups excluding carboxylic acids is 2. The summed E-state index contributed by atoms with van der Waals surface area (Å²) in [7, 11) is 1.89. The highest BCUT2D eigenvalue weighted by molar-refractivity contribution is 5.94. The highest BCUT2D eigenvalue weighted by Crippen LogP contribution is 2.43. The molecule has 2 fully saturated rings. The molecule has 1 aliphatic heterocycles. The number of aryl methyl sites for hydroxylation is 1. The fraction of sp³-hybridized carbons (Fsp3) is 0.405. The summed E-state index contributed by atoms with van der Waals surface area (Å²) in [5.74, 6) is 0.240. The van der Waals surface area contributed by atoms with Crippen LogP contribution in [0.2, 0.25) is 0 Å². The van der Waals surface area contributed by atoms with Gasteiger partial charge in [-0.05, 0) is 79.8 Å². The average Bonchev–Trinajstić information content (AvgIpc) is 3.47. The lowest BCUT2D eigenvalue weighted by Gasteiger charge is -2.39. The van der Waals surface area contributed by atoms with Gasteiger partial charge in [0.1, 0.15) is 12.4 Å². The van der Waals surface area contributed by atoms with Crippen LogP contribution in [0.4, 0.5) is 9.18 Å².